The first-order valence-corrected chi connectivity index (χ1v) is 7.53. The van der Waals surface area contributed by atoms with Crippen molar-refractivity contribution in [3.8, 4) is 0 Å². The lowest BCUT2D eigenvalue weighted by Gasteiger charge is -2.30. The first-order chi connectivity index (χ1) is 10.8. The highest BCUT2D eigenvalue weighted by Crippen LogP contribution is 2.34. The van der Waals surface area contributed by atoms with Gasteiger partial charge in [-0.15, -0.1) is 0 Å². The van der Waals surface area contributed by atoms with Crippen LogP contribution in [-0.4, -0.2) is 24.0 Å². The van der Waals surface area contributed by atoms with Gasteiger partial charge in [0, 0.05) is 3.57 Å². The van der Waals surface area contributed by atoms with Crippen molar-refractivity contribution in [2.24, 2.45) is 5.92 Å². The minimum atomic E-state index is -4.92. The topological polar surface area (TPSA) is 66.4 Å². The van der Waals surface area contributed by atoms with Crippen molar-refractivity contribution in [2.75, 3.05) is 0 Å². The second-order valence-electron chi connectivity index (χ2n) is 5.17. The normalized spacial score (nSPS) is 13.7. The van der Waals surface area contributed by atoms with Crippen LogP contribution in [0.15, 0.2) is 18.2 Å². The smallest absolute Gasteiger partial charge is 0.417 e. The van der Waals surface area contributed by atoms with Crippen LogP contribution in [0.4, 0.5) is 22.0 Å². The molecule has 0 saturated heterocycles. The Morgan fingerprint density at radius 2 is 1.71 bits per heavy atom. The Kier molecular flexibility index (Phi) is 6.17. The Labute approximate surface area is 147 Å². The lowest BCUT2D eigenvalue weighted by molar-refractivity contribution is -0.337. The highest BCUT2D eigenvalue weighted by molar-refractivity contribution is 14.1. The van der Waals surface area contributed by atoms with Gasteiger partial charge in [0.05, 0.1) is 11.1 Å². The van der Waals surface area contributed by atoms with Crippen LogP contribution >= 0.6 is 22.6 Å². The molecular weight excluding hydrogens is 454 g/mol. The van der Waals surface area contributed by atoms with Crippen LogP contribution in [0, 0.1) is 9.49 Å². The molecule has 1 aromatic carbocycles. The van der Waals surface area contributed by atoms with Gasteiger partial charge in [-0.3, -0.25) is 0 Å². The first kappa shape index (κ1) is 20.6. The van der Waals surface area contributed by atoms with E-state index in [1.54, 1.807) is 22.6 Å². The predicted octanol–water partition coefficient (Wildman–Crippen LogP) is 2.88. The van der Waals surface area contributed by atoms with E-state index >= 15 is 0 Å². The van der Waals surface area contributed by atoms with E-state index in [2.05, 4.69) is 4.74 Å². The van der Waals surface area contributed by atoms with E-state index in [-0.39, 0.29) is 3.57 Å². The highest BCUT2D eigenvalue weighted by Gasteiger charge is 2.47. The SMILES string of the molecule is CC(C)C(OC(=O)c1ccc(I)cc1C(F)(F)F)C(F)(F)C(=O)[O-]. The lowest BCUT2D eigenvalue weighted by atomic mass is 10.00. The van der Waals surface area contributed by atoms with Crippen LogP contribution < -0.4 is 5.11 Å². The van der Waals surface area contributed by atoms with Gasteiger partial charge in [-0.05, 0) is 46.7 Å². The molecule has 0 heterocycles. The zero-order valence-corrected chi connectivity index (χ0v) is 14.4. The van der Waals surface area contributed by atoms with E-state index in [9.17, 15) is 36.6 Å². The average Bonchev–Trinajstić information content (AvgIpc) is 2.42. The summed E-state index contributed by atoms with van der Waals surface area (Å²) in [6.07, 6.45) is -7.39. The molecule has 4 nitrogen and oxygen atoms in total. The summed E-state index contributed by atoms with van der Waals surface area (Å²) in [7, 11) is 0. The molecule has 134 valence electrons. The highest BCUT2D eigenvalue weighted by atomic mass is 127. The van der Waals surface area contributed by atoms with Crippen LogP contribution in [0.2, 0.25) is 0 Å². The summed E-state index contributed by atoms with van der Waals surface area (Å²) in [4.78, 5) is 22.5. The van der Waals surface area contributed by atoms with Crippen LogP contribution in [-0.2, 0) is 15.7 Å². The Bertz CT molecular complexity index is 643. The number of esters is 1. The first-order valence-electron chi connectivity index (χ1n) is 6.45. The summed E-state index contributed by atoms with van der Waals surface area (Å²) in [5, 5.41) is 10.5. The molecule has 1 atom stereocenters. The molecule has 0 aliphatic rings. The number of carboxylic acids is 1. The molecule has 1 unspecified atom stereocenters. The molecular formula is C14H11F5IO4-. The number of alkyl halides is 5. The van der Waals surface area contributed by atoms with Gasteiger partial charge in [-0.2, -0.15) is 22.0 Å². The summed E-state index contributed by atoms with van der Waals surface area (Å²) in [6.45, 7) is 2.26. The molecule has 0 aliphatic carbocycles. The number of hydrogen-bond acceptors (Lipinski definition) is 4. The number of carbonyl (C=O) groups excluding carboxylic acids is 2. The maximum Gasteiger partial charge on any atom is 0.417 e. The van der Waals surface area contributed by atoms with Gasteiger partial charge < -0.3 is 14.6 Å². The number of ether oxygens (including phenoxy) is 1. The van der Waals surface area contributed by atoms with Gasteiger partial charge in [0.15, 0.2) is 6.10 Å². The van der Waals surface area contributed by atoms with Crippen LogP contribution in [0.1, 0.15) is 29.8 Å². The van der Waals surface area contributed by atoms with E-state index in [1.807, 2.05) is 0 Å². The van der Waals surface area contributed by atoms with Gasteiger partial charge >= 0.3 is 18.1 Å². The monoisotopic (exact) mass is 465 g/mol. The zero-order valence-electron chi connectivity index (χ0n) is 12.3. The van der Waals surface area contributed by atoms with Gasteiger partial charge in [0.1, 0.15) is 5.97 Å². The summed E-state index contributed by atoms with van der Waals surface area (Å²) < 4.78 is 70.6. The van der Waals surface area contributed by atoms with E-state index in [1.165, 1.54) is 0 Å². The quantitative estimate of drug-likeness (QED) is 0.381. The van der Waals surface area contributed by atoms with Gasteiger partial charge in [-0.25, -0.2) is 4.79 Å². The Hall–Kier alpha value is -1.46. The zero-order chi connectivity index (χ0) is 18.9. The molecule has 0 fully saturated rings. The molecule has 0 saturated carbocycles. The minimum absolute atomic E-state index is 0.164. The molecule has 10 heteroatoms. The Balaban J connectivity index is 3.26. The van der Waals surface area contributed by atoms with Gasteiger partial charge in [-0.1, -0.05) is 13.8 Å². The summed E-state index contributed by atoms with van der Waals surface area (Å²) in [5.74, 6) is -10.2. The minimum Gasteiger partial charge on any atom is -0.544 e. The fourth-order valence-corrected chi connectivity index (χ4v) is 2.34. The molecule has 0 radical (unpaired) electrons. The standard InChI is InChI=1S/C14H12F5IO4/c1-6(2)10(13(15,16)12(22)23)24-11(21)8-4-3-7(20)5-9(8)14(17,18)19/h3-6,10H,1-2H3,(H,22,23)/p-1. The third-order valence-electron chi connectivity index (χ3n) is 2.98. The molecule has 1 aromatic rings. The summed E-state index contributed by atoms with van der Waals surface area (Å²) >= 11 is 1.59. The van der Waals surface area contributed by atoms with Gasteiger partial charge in [0.25, 0.3) is 0 Å². The Morgan fingerprint density at radius 3 is 2.12 bits per heavy atom. The molecule has 24 heavy (non-hydrogen) atoms. The molecule has 0 amide bonds. The van der Waals surface area contributed by atoms with Crippen molar-refractivity contribution in [3.05, 3.63) is 32.9 Å². The number of hydrogen-bond donors (Lipinski definition) is 0. The van der Waals surface area contributed by atoms with Crippen molar-refractivity contribution in [3.63, 3.8) is 0 Å². The maximum atomic E-state index is 13.6. The largest absolute Gasteiger partial charge is 0.544 e. The number of halogens is 6. The number of benzene rings is 1. The second-order valence-corrected chi connectivity index (χ2v) is 6.41. The van der Waals surface area contributed by atoms with E-state index < -0.39 is 47.2 Å². The van der Waals surface area contributed by atoms with E-state index in [4.69, 9.17) is 0 Å². The molecule has 0 aromatic heterocycles. The lowest BCUT2D eigenvalue weighted by Crippen LogP contribution is -2.53. The molecule has 0 aliphatic heterocycles. The third-order valence-corrected chi connectivity index (χ3v) is 3.65. The van der Waals surface area contributed by atoms with Crippen LogP contribution in [0.5, 0.6) is 0 Å². The second kappa shape index (κ2) is 7.19. The summed E-state index contributed by atoms with van der Waals surface area (Å²) in [5.41, 5.74) is -2.35. The fourth-order valence-electron chi connectivity index (χ4n) is 1.85. The molecule has 0 N–H and O–H groups in total. The van der Waals surface area contributed by atoms with Crippen LogP contribution in [0.3, 0.4) is 0 Å². The summed E-state index contributed by atoms with van der Waals surface area (Å²) in [6, 6.07) is 2.59. The van der Waals surface area contributed by atoms with Crippen molar-refractivity contribution in [1.29, 1.82) is 0 Å². The number of rotatable bonds is 5. The van der Waals surface area contributed by atoms with E-state index in [0.29, 0.717) is 6.07 Å². The molecule has 1 rings (SSSR count). The third kappa shape index (κ3) is 4.54. The van der Waals surface area contributed by atoms with Crippen LogP contribution in [0.25, 0.3) is 0 Å². The van der Waals surface area contributed by atoms with Crippen molar-refractivity contribution in [2.45, 2.75) is 32.1 Å². The maximum absolute atomic E-state index is 13.6. The van der Waals surface area contributed by atoms with Crippen molar-refractivity contribution < 1.29 is 41.4 Å². The van der Waals surface area contributed by atoms with Crippen molar-refractivity contribution >= 4 is 34.5 Å². The predicted molar refractivity (Wildman–Crippen MR) is 78.2 cm³/mol. The number of carbonyl (C=O) groups is 2. The van der Waals surface area contributed by atoms with Crippen molar-refractivity contribution in [1.82, 2.24) is 0 Å². The number of carboxylic acid groups (broad SMARTS) is 1. The average molecular weight is 465 g/mol. The Morgan fingerprint density at radius 1 is 1.17 bits per heavy atom. The number of aliphatic carboxylic acids is 1. The van der Waals surface area contributed by atoms with E-state index in [0.717, 1.165) is 26.0 Å². The van der Waals surface area contributed by atoms with Gasteiger partial charge in [0.2, 0.25) is 0 Å². The molecule has 0 spiro atoms. The fraction of sp³-hybridized carbons (Fsp3) is 0.429. The molecule has 0 bridgehead atoms.